The topological polar surface area (TPSA) is 768 Å². The number of rotatable bonds is 40. The van der Waals surface area contributed by atoms with Crippen molar-refractivity contribution in [2.24, 2.45) is 0 Å². The van der Waals surface area contributed by atoms with Crippen molar-refractivity contribution >= 4 is 141 Å². The number of carboxylic acids is 7. The van der Waals surface area contributed by atoms with Crippen LogP contribution in [0.2, 0.25) is 0 Å². The fraction of sp³-hybridized carbons (Fsp3) is 0.890. The summed E-state index contributed by atoms with van der Waals surface area (Å²) in [6.45, 7) is 0. The standard InChI is InChI=1S/C73H112O48S8.7Na/c1-104-41(88)9-17-129(103)25-33-63-64-65(113-64)73(112-33)120-62-32(24-128-16-8-40(86)87)110-71(54(101)48(62)95)118-60-30(22-126-14-6-38(82)83)108-69(52(99)46(60)93)116-58-28(20-124-12-4-36(78)79)106-67(50(97)44(58)91)114-56-26(18-122-10-2-34(74)75)105-66(49(96)42(56)89)115-57-27(19-123-11-3-35(76)77)107-68(51(98)43(57)90)117-59-29(21-125-13-5-37(80)81)109-70(53(100)45(59)92)119-61-31(23-127-15-7-39(84)85)111-72(121-63)55(102)47(61)94;;;;;;;/h26-33,42-73,89-102H,2-25H2,1H3,(H,74,75)(H,76,77)(H,78,79)(H,80,81)(H,82,83)(H,84,85)(H,86,87);;;;;;;/q;7*+1/p-7/t26-,27-,28-,29-,30-,31-,32-,33-,42-,43-,44-,45-,46-,47-,48-,49-,50-,51-,52-,53-,54-,55-,56-,57-,58-,59-,60-,61-,62-,63-,64?,65?,66-,67-,68-,69-,70-,71-,72-,73-,129?;;;;;;;/m1......./s1. The molecule has 31 fully saturated rings. The van der Waals surface area contributed by atoms with E-state index in [1.54, 1.807) is 0 Å². The van der Waals surface area contributed by atoms with Gasteiger partial charge in [0.1, 0.15) is 153 Å². The minimum absolute atomic E-state index is 0. The first kappa shape index (κ1) is 134. The summed E-state index contributed by atoms with van der Waals surface area (Å²) >= 11 is 5.95. The second-order valence-electron chi connectivity index (χ2n) is 31.1. The fourth-order valence-corrected chi connectivity index (χ4v) is 23.1. The number of carbonyl (C=O) groups excluding carboxylic acids is 8. The Labute approximate surface area is 966 Å². The van der Waals surface area contributed by atoms with Gasteiger partial charge in [-0.15, -0.1) is 0 Å². The Kier molecular flexibility index (Phi) is 65.4. The van der Waals surface area contributed by atoms with Gasteiger partial charge in [-0.05, 0) is 85.2 Å². The summed E-state index contributed by atoms with van der Waals surface area (Å²) in [4.78, 5) is 94.2. The first-order valence-corrected chi connectivity index (χ1v) is 50.4. The third kappa shape index (κ3) is 39.0. The van der Waals surface area contributed by atoms with Gasteiger partial charge in [0.15, 0.2) is 50.3 Å². The van der Waals surface area contributed by atoms with Crippen molar-refractivity contribution in [2.75, 3.05) is 99.2 Å². The van der Waals surface area contributed by atoms with E-state index in [1.807, 2.05) is 0 Å². The molecule has 0 spiro atoms. The van der Waals surface area contributed by atoms with Gasteiger partial charge in [0.2, 0.25) is 0 Å². The Morgan fingerprint density at radius 2 is 0.412 bits per heavy atom. The summed E-state index contributed by atoms with van der Waals surface area (Å²) in [5.41, 5.74) is 0. The molecule has 31 aliphatic heterocycles. The van der Waals surface area contributed by atoms with Crippen molar-refractivity contribution in [1.29, 1.82) is 0 Å². The average molecular weight is 2170 g/mol. The monoisotopic (exact) mass is 2170 g/mol. The van der Waals surface area contributed by atoms with E-state index in [-0.39, 0.29) is 264 Å². The maximum atomic E-state index is 14.1. The number of methoxy groups -OCH3 is 1. The number of epoxide rings is 1. The number of hydrogen-bond donors (Lipinski definition) is 14. The number of aliphatic hydroxyl groups excluding tert-OH is 14. The van der Waals surface area contributed by atoms with Gasteiger partial charge in [0.05, 0.1) is 62.0 Å². The maximum Gasteiger partial charge on any atom is 1.00 e. The molecule has 31 saturated heterocycles. The minimum Gasteiger partial charge on any atom is -0.550 e. The summed E-state index contributed by atoms with van der Waals surface area (Å²) < 4.78 is 126. The van der Waals surface area contributed by atoms with Crippen LogP contribution in [0.1, 0.15) is 51.4 Å². The molecule has 16 bridgehead atoms. The average Bonchev–Trinajstić information content (AvgIpc) is 1.58. The third-order valence-corrected chi connectivity index (χ3v) is 30.6. The van der Waals surface area contributed by atoms with Crippen molar-refractivity contribution in [3.8, 4) is 0 Å². The van der Waals surface area contributed by atoms with Gasteiger partial charge < -0.3 is 226 Å². The van der Waals surface area contributed by atoms with Crippen molar-refractivity contribution in [1.82, 2.24) is 0 Å². The van der Waals surface area contributed by atoms with Crippen LogP contribution >= 0.6 is 82.3 Å². The van der Waals surface area contributed by atoms with Gasteiger partial charge in [-0.2, -0.15) is 82.3 Å². The van der Waals surface area contributed by atoms with Crippen LogP contribution in [-0.4, -0.2) is 468 Å². The molecule has 14 N–H and O–H groups in total. The van der Waals surface area contributed by atoms with Crippen LogP contribution in [-0.2, 0) is 134 Å². The van der Waals surface area contributed by atoms with Crippen LogP contribution in [0.15, 0.2) is 0 Å². The fourth-order valence-electron chi connectivity index (χ4n) is 15.1. The van der Waals surface area contributed by atoms with Crippen LogP contribution in [0.25, 0.3) is 0 Å². The molecule has 31 heterocycles. The molecule has 0 aromatic heterocycles. The van der Waals surface area contributed by atoms with E-state index in [4.69, 9.17) is 85.3 Å². The third-order valence-electron chi connectivity index (χ3n) is 21.9. The molecule has 63 heteroatoms. The van der Waals surface area contributed by atoms with E-state index in [1.165, 1.54) is 0 Å². The molecule has 0 radical (unpaired) electrons. The Morgan fingerprint density at radius 1 is 0.235 bits per heavy atom. The molecule has 48 nitrogen and oxygen atoms in total. The maximum absolute atomic E-state index is 14.1. The van der Waals surface area contributed by atoms with E-state index in [2.05, 4.69) is 0 Å². The quantitative estimate of drug-likeness (QED) is 0.0117. The number of hydrogen-bond acceptors (Lipinski definition) is 55. The normalized spacial score (nSPS) is 39.6. The molecule has 3 unspecified atom stereocenters. The van der Waals surface area contributed by atoms with Gasteiger partial charge in [0.25, 0.3) is 0 Å². The largest absolute Gasteiger partial charge is 1.00 e. The molecule has 31 rings (SSSR count). The first-order valence-electron chi connectivity index (χ1n) is 40.8. The number of thioether (sulfide) groups is 7. The SMILES string of the molecule is COC(=O)CCS(=O)C[C@H]1O[C@@H]2O[C@H]3[C@H](O)[C@@H](O)[C@@H](O[C@H]4[C@H](O)[C@@H](O)[C@@H](O[C@H]5[C@H](O)[C@@H](O)[C@@H](O[C@H]6[C@H](O)[C@@H](O)[C@@H](O[C@H]7[C@H](O)[C@@H](O)[C@@H](O[C@H]8[C@H](O)[C@@H](O)[C@@H](O[C@H]9[C@H](O)[C@@H](O)[C@H](O[C@@H]9CSCCC(=O)[O-])O[C@H]1C1OC12)O[C@@H]8CSCCC(=O)[O-])O[C@@H]7CSCCC(=O)[O-])O[C@@H]6CSCCC(=O)[O-])O[C@@H]5CSCCC(=O)[O-])O[C@@H]4CSCCC(=O)[O-])O[C@@H]3CSCCC(=O)[O-].[Na+].[Na+].[Na+].[Na+].[Na+].[Na+].[Na+]. The van der Waals surface area contributed by atoms with Gasteiger partial charge in [-0.1, -0.05) is 0 Å². The predicted octanol–water partition coefficient (Wildman–Crippen LogP) is -37.8. The Bertz CT molecular complexity index is 3600. The molecular weight excluding hydrogens is 2060 g/mol. The molecule has 0 aromatic rings. The minimum atomic E-state index is -2.35. The molecule has 0 saturated carbocycles. The van der Waals surface area contributed by atoms with Crippen molar-refractivity contribution in [2.45, 2.75) is 297 Å². The van der Waals surface area contributed by atoms with Crippen LogP contribution in [0.5, 0.6) is 0 Å². The van der Waals surface area contributed by atoms with Crippen molar-refractivity contribution < 1.29 is 442 Å². The zero-order valence-electron chi connectivity index (χ0n) is 75.5. The number of esters is 1. The molecular formula is C73H105Na7O48S8. The van der Waals surface area contributed by atoms with Gasteiger partial charge in [0, 0.05) is 98.6 Å². The smallest absolute Gasteiger partial charge is 0.550 e. The van der Waals surface area contributed by atoms with Crippen molar-refractivity contribution in [3.63, 3.8) is 0 Å². The molecule has 0 amide bonds. The molecule has 31 aliphatic rings. The van der Waals surface area contributed by atoms with E-state index in [0.717, 1.165) is 89.4 Å². The van der Waals surface area contributed by atoms with Crippen LogP contribution in [0.4, 0.5) is 0 Å². The number of carboxylic acid groups (broad SMARTS) is 7. The molecule has 0 aromatic carbocycles. The number of ether oxygens (including phenoxy) is 18. The molecule has 136 heavy (non-hydrogen) atoms. The number of aliphatic carboxylic acids is 7. The summed E-state index contributed by atoms with van der Waals surface area (Å²) in [5.74, 6) is -16.5. The first-order chi connectivity index (χ1) is 61.3. The Morgan fingerprint density at radius 3 is 0.596 bits per heavy atom. The number of carbonyl (C=O) groups is 8. The predicted molar refractivity (Wildman–Crippen MR) is 424 cm³/mol. The zero-order valence-corrected chi connectivity index (χ0v) is 96.0. The second kappa shape index (κ2) is 66.3. The van der Waals surface area contributed by atoms with Crippen LogP contribution in [0.3, 0.4) is 0 Å². The van der Waals surface area contributed by atoms with Crippen molar-refractivity contribution in [3.05, 3.63) is 0 Å². The van der Waals surface area contributed by atoms with E-state index in [9.17, 15) is 150 Å². The summed E-state index contributed by atoms with van der Waals surface area (Å²) in [5, 5.41) is 253. The van der Waals surface area contributed by atoms with E-state index < -0.39 is 390 Å². The molecule has 0 aliphatic carbocycles. The van der Waals surface area contributed by atoms with Crippen LogP contribution in [0, 0.1) is 0 Å². The molecule has 740 valence electrons. The Hall–Kier alpha value is 4.12. The van der Waals surface area contributed by atoms with Gasteiger partial charge in [-0.25, -0.2) is 0 Å². The number of aliphatic hydroxyl groups is 14. The van der Waals surface area contributed by atoms with Gasteiger partial charge >= 0.3 is 213 Å². The van der Waals surface area contributed by atoms with Crippen LogP contribution < -0.4 is 243 Å². The van der Waals surface area contributed by atoms with Gasteiger partial charge in [-0.3, -0.25) is 9.00 Å². The summed E-state index contributed by atoms with van der Waals surface area (Å²) in [7, 11) is -1.01. The second-order valence-corrected chi connectivity index (χ2v) is 40.8. The summed E-state index contributed by atoms with van der Waals surface area (Å²) in [6, 6.07) is 0. The van der Waals surface area contributed by atoms with E-state index in [0.29, 0.717) is 0 Å². The Balaban J connectivity index is 0.00000680. The summed E-state index contributed by atoms with van der Waals surface area (Å²) in [6.07, 6.45) is -83.5. The van der Waals surface area contributed by atoms with E-state index >= 15 is 0 Å². The molecule has 41 atom stereocenters. The zero-order chi connectivity index (χ0) is 93.9.